The summed E-state index contributed by atoms with van der Waals surface area (Å²) >= 11 is 0. The Morgan fingerprint density at radius 1 is 1.11 bits per heavy atom. The molecule has 0 N–H and O–H groups in total. The van der Waals surface area contributed by atoms with Crippen molar-refractivity contribution < 1.29 is 9.47 Å². The Morgan fingerprint density at radius 2 is 1.93 bits per heavy atom. The van der Waals surface area contributed by atoms with Gasteiger partial charge in [0.25, 0.3) is 0 Å². The fourth-order valence-electron chi connectivity index (χ4n) is 4.04. The van der Waals surface area contributed by atoms with Gasteiger partial charge in [-0.2, -0.15) is 5.10 Å². The molecule has 2 fully saturated rings. The molecule has 2 saturated heterocycles. The van der Waals surface area contributed by atoms with E-state index in [1.54, 1.807) is 13.3 Å². The molecule has 7 heteroatoms. The highest BCUT2D eigenvalue weighted by molar-refractivity contribution is 5.60. The summed E-state index contributed by atoms with van der Waals surface area (Å²) in [6.07, 6.45) is 6.52. The Bertz CT molecular complexity index is 749. The van der Waals surface area contributed by atoms with Crippen LogP contribution in [0.15, 0.2) is 30.5 Å². The summed E-state index contributed by atoms with van der Waals surface area (Å²) in [6.45, 7) is 5.89. The fraction of sp³-hybridized carbons (Fsp3) is 0.571. The standard InChI is InChI=1S/C21H29N5O2/c1-27-19-7-5-17(6-8-19)20-16-22-24-21(23-20)26-10-3-2-4-18(26)9-11-25-12-14-28-15-13-25/h5-8,16,18H,2-4,9-15H2,1H3. The molecule has 7 nitrogen and oxygen atoms in total. The predicted octanol–water partition coefficient (Wildman–Crippen LogP) is 2.63. The fourth-order valence-corrected chi connectivity index (χ4v) is 4.04. The van der Waals surface area contributed by atoms with Crippen LogP contribution in [0.5, 0.6) is 5.75 Å². The molecule has 0 aliphatic carbocycles. The maximum atomic E-state index is 5.46. The highest BCUT2D eigenvalue weighted by atomic mass is 16.5. The minimum absolute atomic E-state index is 0.476. The van der Waals surface area contributed by atoms with Crippen molar-refractivity contribution in [3.63, 3.8) is 0 Å². The van der Waals surface area contributed by atoms with Gasteiger partial charge >= 0.3 is 0 Å². The Balaban J connectivity index is 1.47. The molecule has 1 aromatic carbocycles. The SMILES string of the molecule is COc1ccc(-c2cnnc(N3CCCCC3CCN3CCOCC3)n2)cc1. The van der Waals surface area contributed by atoms with Crippen LogP contribution >= 0.6 is 0 Å². The van der Waals surface area contributed by atoms with Gasteiger partial charge in [-0.25, -0.2) is 4.98 Å². The third kappa shape index (κ3) is 4.59. The molecule has 1 aromatic heterocycles. The van der Waals surface area contributed by atoms with Crippen molar-refractivity contribution in [3.05, 3.63) is 30.5 Å². The van der Waals surface area contributed by atoms with Gasteiger partial charge in [-0.1, -0.05) is 0 Å². The topological polar surface area (TPSA) is 63.6 Å². The number of aromatic nitrogens is 3. The summed E-state index contributed by atoms with van der Waals surface area (Å²) in [6, 6.07) is 8.40. The molecule has 2 aromatic rings. The normalized spacial score (nSPS) is 20.9. The highest BCUT2D eigenvalue weighted by Gasteiger charge is 2.26. The van der Waals surface area contributed by atoms with Crippen molar-refractivity contribution in [3.8, 4) is 17.0 Å². The van der Waals surface area contributed by atoms with Crippen molar-refractivity contribution in [2.24, 2.45) is 0 Å². The molecule has 28 heavy (non-hydrogen) atoms. The smallest absolute Gasteiger partial charge is 0.246 e. The molecule has 150 valence electrons. The van der Waals surface area contributed by atoms with Crippen LogP contribution in [0.3, 0.4) is 0 Å². The summed E-state index contributed by atoms with van der Waals surface area (Å²) in [7, 11) is 1.67. The Kier molecular flexibility index (Phi) is 6.34. The van der Waals surface area contributed by atoms with E-state index < -0.39 is 0 Å². The molecule has 0 amide bonds. The van der Waals surface area contributed by atoms with Crippen molar-refractivity contribution >= 4 is 5.95 Å². The van der Waals surface area contributed by atoms with Gasteiger partial charge in [0.2, 0.25) is 5.95 Å². The molecule has 0 saturated carbocycles. The monoisotopic (exact) mass is 383 g/mol. The number of hydrogen-bond donors (Lipinski definition) is 0. The Morgan fingerprint density at radius 3 is 2.71 bits per heavy atom. The summed E-state index contributed by atoms with van der Waals surface area (Å²) in [4.78, 5) is 9.71. The maximum Gasteiger partial charge on any atom is 0.246 e. The van der Waals surface area contributed by atoms with Crippen LogP contribution < -0.4 is 9.64 Å². The van der Waals surface area contributed by atoms with E-state index in [0.717, 1.165) is 68.8 Å². The van der Waals surface area contributed by atoms with Gasteiger partial charge in [0.1, 0.15) is 5.75 Å². The number of piperidine rings is 1. The minimum Gasteiger partial charge on any atom is -0.497 e. The maximum absolute atomic E-state index is 5.46. The lowest BCUT2D eigenvalue weighted by atomic mass is 9.99. The van der Waals surface area contributed by atoms with Crippen LogP contribution in [-0.2, 0) is 4.74 Å². The number of morpholine rings is 1. The molecule has 4 rings (SSSR count). The van der Waals surface area contributed by atoms with Crippen LogP contribution in [0.1, 0.15) is 25.7 Å². The van der Waals surface area contributed by atoms with Gasteiger partial charge in [0.15, 0.2) is 0 Å². The minimum atomic E-state index is 0.476. The summed E-state index contributed by atoms with van der Waals surface area (Å²) < 4.78 is 10.7. The molecule has 2 aliphatic rings. The number of benzene rings is 1. The Hall–Kier alpha value is -2.25. The van der Waals surface area contributed by atoms with E-state index >= 15 is 0 Å². The summed E-state index contributed by atoms with van der Waals surface area (Å²) in [5.74, 6) is 1.59. The van der Waals surface area contributed by atoms with Crippen molar-refractivity contribution in [1.29, 1.82) is 0 Å². The second kappa shape index (κ2) is 9.30. The van der Waals surface area contributed by atoms with Crippen LogP contribution in [0.2, 0.25) is 0 Å². The van der Waals surface area contributed by atoms with E-state index in [9.17, 15) is 0 Å². The van der Waals surface area contributed by atoms with Crippen LogP contribution in [-0.4, -0.2) is 72.6 Å². The molecule has 2 aliphatic heterocycles. The van der Waals surface area contributed by atoms with E-state index in [-0.39, 0.29) is 0 Å². The van der Waals surface area contributed by atoms with Gasteiger partial charge in [0.05, 0.1) is 32.2 Å². The van der Waals surface area contributed by atoms with Crippen LogP contribution in [0.25, 0.3) is 11.3 Å². The van der Waals surface area contributed by atoms with E-state index in [1.165, 1.54) is 19.3 Å². The molecule has 0 bridgehead atoms. The first-order valence-corrected chi connectivity index (χ1v) is 10.2. The zero-order valence-electron chi connectivity index (χ0n) is 16.6. The molecule has 1 atom stereocenters. The quantitative estimate of drug-likeness (QED) is 0.760. The number of nitrogens with zero attached hydrogens (tertiary/aromatic N) is 5. The number of hydrogen-bond acceptors (Lipinski definition) is 7. The van der Waals surface area contributed by atoms with Gasteiger partial charge in [-0.05, 0) is 49.9 Å². The van der Waals surface area contributed by atoms with Crippen molar-refractivity contribution in [2.45, 2.75) is 31.7 Å². The molecule has 0 spiro atoms. The predicted molar refractivity (Wildman–Crippen MR) is 109 cm³/mol. The molecule has 1 unspecified atom stereocenters. The highest BCUT2D eigenvalue weighted by Crippen LogP contribution is 2.26. The Labute approximate surface area is 166 Å². The summed E-state index contributed by atoms with van der Waals surface area (Å²) in [5, 5.41) is 8.62. The van der Waals surface area contributed by atoms with Crippen LogP contribution in [0.4, 0.5) is 5.95 Å². The molecular formula is C21H29N5O2. The largest absolute Gasteiger partial charge is 0.497 e. The summed E-state index contributed by atoms with van der Waals surface area (Å²) in [5.41, 5.74) is 1.88. The lowest BCUT2D eigenvalue weighted by Gasteiger charge is -2.37. The molecular weight excluding hydrogens is 354 g/mol. The van der Waals surface area contributed by atoms with Gasteiger partial charge in [-0.15, -0.1) is 5.10 Å². The third-order valence-electron chi connectivity index (χ3n) is 5.70. The van der Waals surface area contributed by atoms with Crippen molar-refractivity contribution in [2.75, 3.05) is 51.4 Å². The number of anilines is 1. The molecule has 0 radical (unpaired) electrons. The average Bonchev–Trinajstić information content (AvgIpc) is 2.79. The first-order valence-electron chi connectivity index (χ1n) is 10.2. The first kappa shape index (κ1) is 19.1. The lowest BCUT2D eigenvalue weighted by molar-refractivity contribution is 0.0362. The average molecular weight is 383 g/mol. The van der Waals surface area contributed by atoms with E-state index in [0.29, 0.717) is 6.04 Å². The zero-order chi connectivity index (χ0) is 19.2. The second-order valence-corrected chi connectivity index (χ2v) is 7.46. The van der Waals surface area contributed by atoms with E-state index in [2.05, 4.69) is 20.0 Å². The number of ether oxygens (including phenoxy) is 2. The van der Waals surface area contributed by atoms with Gasteiger partial charge in [0, 0.05) is 37.8 Å². The molecule has 3 heterocycles. The number of rotatable bonds is 6. The van der Waals surface area contributed by atoms with E-state index in [1.807, 2.05) is 24.3 Å². The first-order chi connectivity index (χ1) is 13.8. The van der Waals surface area contributed by atoms with Gasteiger partial charge in [-0.3, -0.25) is 4.90 Å². The van der Waals surface area contributed by atoms with Gasteiger partial charge < -0.3 is 14.4 Å². The zero-order valence-corrected chi connectivity index (χ0v) is 16.6. The second-order valence-electron chi connectivity index (χ2n) is 7.46. The van der Waals surface area contributed by atoms with Crippen molar-refractivity contribution in [1.82, 2.24) is 20.1 Å². The lowest BCUT2D eigenvalue weighted by Crippen LogP contribution is -2.44. The van der Waals surface area contributed by atoms with E-state index in [4.69, 9.17) is 14.5 Å². The third-order valence-corrected chi connectivity index (χ3v) is 5.70. The van der Waals surface area contributed by atoms with Crippen LogP contribution in [0, 0.1) is 0 Å². The number of methoxy groups -OCH3 is 1.